The number of amides is 1. The third kappa shape index (κ3) is 5.18. The van der Waals surface area contributed by atoms with E-state index in [2.05, 4.69) is 0 Å². The van der Waals surface area contributed by atoms with E-state index < -0.39 is 29.7 Å². The van der Waals surface area contributed by atoms with Crippen molar-refractivity contribution in [1.29, 1.82) is 0 Å². The number of carboxylic acids is 2. The van der Waals surface area contributed by atoms with Crippen molar-refractivity contribution in [3.8, 4) is 11.5 Å². The van der Waals surface area contributed by atoms with E-state index in [1.807, 2.05) is 54.6 Å². The number of hydrogen-bond donors (Lipinski definition) is 2. The molecule has 0 bridgehead atoms. The molecule has 4 rings (SSSR count). The summed E-state index contributed by atoms with van der Waals surface area (Å²) in [6.45, 7) is 0.371. The number of carbonyl (C=O) groups excluding carboxylic acids is 1. The van der Waals surface area contributed by atoms with Gasteiger partial charge in [-0.15, -0.1) is 0 Å². The van der Waals surface area contributed by atoms with Crippen LogP contribution in [-0.2, 0) is 20.9 Å². The molecular formula is C26H29NO6. The number of benzene rings is 2. The molecule has 0 saturated heterocycles. The van der Waals surface area contributed by atoms with Crippen LogP contribution in [0.15, 0.2) is 54.6 Å². The van der Waals surface area contributed by atoms with Gasteiger partial charge in [0.15, 0.2) is 0 Å². The third-order valence-corrected chi connectivity index (χ3v) is 6.85. The van der Waals surface area contributed by atoms with Crippen LogP contribution < -0.4 is 4.74 Å². The van der Waals surface area contributed by atoms with E-state index in [-0.39, 0.29) is 18.4 Å². The fraction of sp³-hybridized carbons (Fsp3) is 0.423. The minimum absolute atomic E-state index is 0.0461. The van der Waals surface area contributed by atoms with E-state index >= 15 is 0 Å². The van der Waals surface area contributed by atoms with E-state index in [0.717, 1.165) is 43.4 Å². The summed E-state index contributed by atoms with van der Waals surface area (Å²) in [7, 11) is 0. The smallest absolute Gasteiger partial charge is 0.308 e. The summed E-state index contributed by atoms with van der Waals surface area (Å²) in [5, 5.41) is 18.9. The lowest BCUT2D eigenvalue weighted by Gasteiger charge is -2.43. The van der Waals surface area contributed by atoms with Gasteiger partial charge in [-0.05, 0) is 49.1 Å². The highest BCUT2D eigenvalue weighted by Crippen LogP contribution is 2.43. The normalized spacial score (nSPS) is 22.7. The van der Waals surface area contributed by atoms with Gasteiger partial charge >= 0.3 is 11.9 Å². The summed E-state index contributed by atoms with van der Waals surface area (Å²) >= 11 is 0. The maximum atomic E-state index is 13.5. The molecule has 0 aliphatic heterocycles. The van der Waals surface area contributed by atoms with Gasteiger partial charge in [-0.2, -0.15) is 0 Å². The molecule has 1 amide bonds. The minimum Gasteiger partial charge on any atom is -0.481 e. The lowest BCUT2D eigenvalue weighted by Crippen LogP contribution is -2.55. The number of para-hydroxylation sites is 1. The number of carboxylic acid groups (broad SMARTS) is 2. The molecule has 33 heavy (non-hydrogen) atoms. The number of hydrogen-bond acceptors (Lipinski definition) is 4. The molecule has 2 fully saturated rings. The Bertz CT molecular complexity index is 984. The van der Waals surface area contributed by atoms with Crippen LogP contribution in [0.1, 0.15) is 44.1 Å². The highest BCUT2D eigenvalue weighted by Gasteiger charge is 2.54. The molecule has 0 radical (unpaired) electrons. The number of ether oxygens (including phenoxy) is 1. The van der Waals surface area contributed by atoms with Crippen LogP contribution in [0.25, 0.3) is 0 Å². The summed E-state index contributed by atoms with van der Waals surface area (Å²) in [5.41, 5.74) is 0.926. The standard InChI is InChI=1S/C26H29NO6/c28-24(21-15-22(25(29)30)23(21)26(31)32)27(18-7-3-1-4-8-18)16-17-11-13-20(14-12-17)33-19-9-5-2-6-10-19/h2,5-6,9-14,18,21-23H,1,3-4,7-8,15-16H2,(H,29,30)(H,31,32). The van der Waals surface area contributed by atoms with Crippen LogP contribution in [0.4, 0.5) is 0 Å². The van der Waals surface area contributed by atoms with Gasteiger partial charge in [-0.3, -0.25) is 14.4 Å². The third-order valence-electron chi connectivity index (χ3n) is 6.85. The van der Waals surface area contributed by atoms with Gasteiger partial charge in [0.2, 0.25) is 5.91 Å². The first-order chi connectivity index (χ1) is 15.9. The monoisotopic (exact) mass is 451 g/mol. The van der Waals surface area contributed by atoms with E-state index in [4.69, 9.17) is 4.74 Å². The second kappa shape index (κ2) is 10.1. The summed E-state index contributed by atoms with van der Waals surface area (Å²) in [6.07, 6.45) is 5.04. The molecule has 3 unspecified atom stereocenters. The Morgan fingerprint density at radius 3 is 2.06 bits per heavy atom. The first-order valence-corrected chi connectivity index (χ1v) is 11.5. The van der Waals surface area contributed by atoms with Crippen molar-refractivity contribution in [2.24, 2.45) is 17.8 Å². The van der Waals surface area contributed by atoms with Crippen LogP contribution in [0.3, 0.4) is 0 Å². The SMILES string of the molecule is O=C(O)C1CC(C(=O)N(Cc2ccc(Oc3ccccc3)cc2)C2CCCCC2)C1C(=O)O. The lowest BCUT2D eigenvalue weighted by molar-refractivity contribution is -0.173. The molecule has 3 atom stereocenters. The van der Waals surface area contributed by atoms with Crippen LogP contribution >= 0.6 is 0 Å². The number of aliphatic carboxylic acids is 2. The Labute approximate surface area is 193 Å². The maximum absolute atomic E-state index is 13.5. The topological polar surface area (TPSA) is 104 Å². The zero-order valence-corrected chi connectivity index (χ0v) is 18.4. The fourth-order valence-corrected chi connectivity index (χ4v) is 4.98. The molecule has 0 aromatic heterocycles. The number of rotatable bonds is 8. The van der Waals surface area contributed by atoms with Gasteiger partial charge in [-0.25, -0.2) is 0 Å². The molecule has 2 aromatic rings. The van der Waals surface area contributed by atoms with Crippen molar-refractivity contribution in [3.63, 3.8) is 0 Å². The van der Waals surface area contributed by atoms with Crippen molar-refractivity contribution < 1.29 is 29.3 Å². The molecule has 7 heteroatoms. The summed E-state index contributed by atoms with van der Waals surface area (Å²) in [6, 6.07) is 17.1. The van der Waals surface area contributed by atoms with E-state index in [1.165, 1.54) is 0 Å². The molecule has 7 nitrogen and oxygen atoms in total. The lowest BCUT2D eigenvalue weighted by atomic mass is 9.64. The predicted molar refractivity (Wildman–Crippen MR) is 121 cm³/mol. The fourth-order valence-electron chi connectivity index (χ4n) is 4.98. The molecule has 174 valence electrons. The second-order valence-electron chi connectivity index (χ2n) is 8.97. The molecule has 0 spiro atoms. The van der Waals surface area contributed by atoms with Crippen molar-refractivity contribution in [1.82, 2.24) is 4.90 Å². The van der Waals surface area contributed by atoms with E-state index in [0.29, 0.717) is 12.3 Å². The summed E-state index contributed by atoms with van der Waals surface area (Å²) in [4.78, 5) is 38.4. The zero-order chi connectivity index (χ0) is 23.4. The average molecular weight is 452 g/mol. The van der Waals surface area contributed by atoms with Crippen LogP contribution in [0, 0.1) is 17.8 Å². The Kier molecular flexibility index (Phi) is 6.96. The number of nitrogens with zero attached hydrogens (tertiary/aromatic N) is 1. The Morgan fingerprint density at radius 1 is 0.818 bits per heavy atom. The van der Waals surface area contributed by atoms with Crippen molar-refractivity contribution in [2.75, 3.05) is 0 Å². The molecular weight excluding hydrogens is 422 g/mol. The first-order valence-electron chi connectivity index (χ1n) is 11.5. The average Bonchev–Trinajstić information content (AvgIpc) is 2.78. The Balaban J connectivity index is 1.49. The van der Waals surface area contributed by atoms with Crippen LogP contribution in [0.2, 0.25) is 0 Å². The van der Waals surface area contributed by atoms with Crippen LogP contribution in [-0.4, -0.2) is 39.0 Å². The zero-order valence-electron chi connectivity index (χ0n) is 18.4. The minimum atomic E-state index is -1.21. The van der Waals surface area contributed by atoms with Gasteiger partial charge in [0.1, 0.15) is 11.5 Å². The number of carbonyl (C=O) groups is 3. The highest BCUT2D eigenvalue weighted by atomic mass is 16.5. The first kappa shape index (κ1) is 22.8. The summed E-state index contributed by atoms with van der Waals surface area (Å²) in [5.74, 6) is -4.12. The van der Waals surface area contributed by atoms with Gasteiger partial charge in [-0.1, -0.05) is 49.6 Å². The molecule has 0 heterocycles. The van der Waals surface area contributed by atoms with Gasteiger partial charge in [0.25, 0.3) is 0 Å². The largest absolute Gasteiger partial charge is 0.481 e. The molecule has 2 N–H and O–H groups in total. The van der Waals surface area contributed by atoms with Crippen molar-refractivity contribution in [2.45, 2.75) is 51.1 Å². The predicted octanol–water partition coefficient (Wildman–Crippen LogP) is 4.56. The van der Waals surface area contributed by atoms with Gasteiger partial charge in [0.05, 0.1) is 17.8 Å². The molecule has 2 aliphatic carbocycles. The molecule has 2 aromatic carbocycles. The second-order valence-corrected chi connectivity index (χ2v) is 8.97. The Hall–Kier alpha value is -3.35. The van der Waals surface area contributed by atoms with E-state index in [9.17, 15) is 24.6 Å². The van der Waals surface area contributed by atoms with Crippen LogP contribution in [0.5, 0.6) is 11.5 Å². The van der Waals surface area contributed by atoms with Crippen molar-refractivity contribution >= 4 is 17.8 Å². The van der Waals surface area contributed by atoms with Gasteiger partial charge < -0.3 is 19.8 Å². The highest BCUT2D eigenvalue weighted by molar-refractivity contribution is 5.91. The maximum Gasteiger partial charge on any atom is 0.308 e. The molecule has 2 aliphatic rings. The Morgan fingerprint density at radius 2 is 1.45 bits per heavy atom. The van der Waals surface area contributed by atoms with Gasteiger partial charge in [0, 0.05) is 12.6 Å². The van der Waals surface area contributed by atoms with E-state index in [1.54, 1.807) is 4.90 Å². The quantitative estimate of drug-likeness (QED) is 0.610. The molecule has 2 saturated carbocycles. The summed E-state index contributed by atoms with van der Waals surface area (Å²) < 4.78 is 5.84. The van der Waals surface area contributed by atoms with Crippen molar-refractivity contribution in [3.05, 3.63) is 60.2 Å².